The van der Waals surface area contributed by atoms with Gasteiger partial charge < -0.3 is 5.11 Å². The number of hydrogen-bond acceptors (Lipinski definition) is 6. The molecule has 8 heteroatoms. The summed E-state index contributed by atoms with van der Waals surface area (Å²) in [6.07, 6.45) is -0.146. The Kier molecular flexibility index (Phi) is 4.35. The maximum Gasteiger partial charge on any atom is 0.309 e. The molecule has 1 N–H and O–H groups in total. The van der Waals surface area contributed by atoms with Crippen LogP contribution in [0.2, 0.25) is 0 Å². The molecule has 0 saturated heterocycles. The van der Waals surface area contributed by atoms with Crippen LogP contribution in [0, 0.1) is 17.0 Å². The van der Waals surface area contributed by atoms with Gasteiger partial charge in [0.05, 0.1) is 21.9 Å². The number of nitro benzene ring substituents is 1. The number of aromatic nitrogens is 1. The number of aliphatic carboxylic acids is 1. The van der Waals surface area contributed by atoms with Gasteiger partial charge in [0, 0.05) is 10.9 Å². The van der Waals surface area contributed by atoms with Gasteiger partial charge in [-0.3, -0.25) is 14.9 Å². The minimum atomic E-state index is -0.951. The summed E-state index contributed by atoms with van der Waals surface area (Å²) in [6.45, 7) is 1.68. The van der Waals surface area contributed by atoms with E-state index in [1.807, 2.05) is 0 Å². The molecule has 0 aliphatic carbocycles. The molecule has 6 nitrogen and oxygen atoms in total. The highest BCUT2D eigenvalue weighted by atomic mass is 32.2. The second-order valence-corrected chi connectivity index (χ2v) is 6.10. The van der Waals surface area contributed by atoms with Crippen LogP contribution < -0.4 is 0 Å². The average Bonchev–Trinajstić information content (AvgIpc) is 2.75. The third kappa shape index (κ3) is 3.34. The van der Waals surface area contributed by atoms with Crippen molar-refractivity contribution in [3.8, 4) is 0 Å². The van der Waals surface area contributed by atoms with Crippen LogP contribution in [0.5, 0.6) is 0 Å². The highest BCUT2D eigenvalue weighted by Crippen LogP contribution is 2.37. The van der Waals surface area contributed by atoms with E-state index in [0.717, 1.165) is 0 Å². The molecule has 0 saturated carbocycles. The number of rotatable bonds is 5. The van der Waals surface area contributed by atoms with Gasteiger partial charge in [0.25, 0.3) is 5.69 Å². The average molecular weight is 310 g/mol. The zero-order valence-electron chi connectivity index (χ0n) is 10.4. The van der Waals surface area contributed by atoms with Gasteiger partial charge in [-0.25, -0.2) is 4.98 Å². The standard InChI is InChI=1S/C12H10N2O4S2/c1-7-3-2-4-9(11(7)14(17)18)20-12-13-8(6-19-12)5-10(15)16/h2-4,6H,5H2,1H3,(H,15,16). The fourth-order valence-electron chi connectivity index (χ4n) is 1.61. The van der Waals surface area contributed by atoms with E-state index in [1.165, 1.54) is 23.1 Å². The predicted octanol–water partition coefficient (Wildman–Crippen LogP) is 3.14. The molecule has 2 rings (SSSR count). The van der Waals surface area contributed by atoms with E-state index in [-0.39, 0.29) is 12.1 Å². The molecule has 104 valence electrons. The molecule has 0 atom stereocenters. The Labute approximate surface area is 122 Å². The fourth-order valence-corrected chi connectivity index (χ4v) is 3.59. The first-order valence-electron chi connectivity index (χ1n) is 5.55. The van der Waals surface area contributed by atoms with Crippen LogP contribution in [-0.2, 0) is 11.2 Å². The number of benzene rings is 1. The van der Waals surface area contributed by atoms with Crippen LogP contribution in [-0.4, -0.2) is 21.0 Å². The lowest BCUT2D eigenvalue weighted by Gasteiger charge is -2.02. The van der Waals surface area contributed by atoms with E-state index < -0.39 is 10.9 Å². The second kappa shape index (κ2) is 6.02. The van der Waals surface area contributed by atoms with Gasteiger partial charge in [0.15, 0.2) is 4.34 Å². The summed E-state index contributed by atoms with van der Waals surface area (Å²) < 4.78 is 0.593. The summed E-state index contributed by atoms with van der Waals surface area (Å²) in [4.78, 5) is 25.9. The quantitative estimate of drug-likeness (QED) is 0.673. The van der Waals surface area contributed by atoms with Gasteiger partial charge in [-0.2, -0.15) is 0 Å². The van der Waals surface area contributed by atoms with Crippen molar-refractivity contribution in [1.82, 2.24) is 4.98 Å². The molecule has 0 spiro atoms. The van der Waals surface area contributed by atoms with Crippen molar-refractivity contribution in [2.24, 2.45) is 0 Å². The second-order valence-electron chi connectivity index (χ2n) is 3.96. The van der Waals surface area contributed by atoms with Crippen molar-refractivity contribution in [3.63, 3.8) is 0 Å². The molecule has 0 radical (unpaired) electrons. The number of carboxylic acids is 1. The van der Waals surface area contributed by atoms with Gasteiger partial charge in [-0.05, 0) is 13.0 Å². The minimum Gasteiger partial charge on any atom is -0.481 e. The summed E-state index contributed by atoms with van der Waals surface area (Å²) in [5.74, 6) is -0.951. The number of para-hydroxylation sites is 1. The molecule has 0 aliphatic rings. The summed E-state index contributed by atoms with van der Waals surface area (Å²) >= 11 is 2.46. The highest BCUT2D eigenvalue weighted by molar-refractivity contribution is 8.01. The van der Waals surface area contributed by atoms with Crippen LogP contribution >= 0.6 is 23.1 Å². The predicted molar refractivity (Wildman–Crippen MR) is 75.4 cm³/mol. The molecule has 1 aromatic carbocycles. The van der Waals surface area contributed by atoms with Crippen LogP contribution in [0.3, 0.4) is 0 Å². The Hall–Kier alpha value is -1.93. The first-order chi connectivity index (χ1) is 9.47. The summed E-state index contributed by atoms with van der Waals surface area (Å²) in [5.41, 5.74) is 1.11. The Balaban J connectivity index is 2.26. The van der Waals surface area contributed by atoms with Gasteiger partial charge in [-0.15, -0.1) is 11.3 Å². The zero-order valence-corrected chi connectivity index (χ0v) is 12.0. The number of hydrogen-bond donors (Lipinski definition) is 1. The maximum absolute atomic E-state index is 11.1. The number of thiazole rings is 1. The SMILES string of the molecule is Cc1cccc(Sc2nc(CC(=O)O)cs2)c1[N+](=O)[O-]. The maximum atomic E-state index is 11.1. The number of aryl methyl sites for hydroxylation is 1. The highest BCUT2D eigenvalue weighted by Gasteiger charge is 2.19. The van der Waals surface area contributed by atoms with Gasteiger partial charge in [-0.1, -0.05) is 23.9 Å². The van der Waals surface area contributed by atoms with Gasteiger partial charge in [0.1, 0.15) is 0 Å². The fraction of sp³-hybridized carbons (Fsp3) is 0.167. The normalized spacial score (nSPS) is 10.4. The number of nitro groups is 1. The van der Waals surface area contributed by atoms with Crippen molar-refractivity contribution in [1.29, 1.82) is 0 Å². The Morgan fingerprint density at radius 2 is 2.30 bits per heavy atom. The molecule has 0 bridgehead atoms. The van der Waals surface area contributed by atoms with E-state index in [4.69, 9.17) is 5.11 Å². The van der Waals surface area contributed by atoms with Crippen molar-refractivity contribution in [2.45, 2.75) is 22.6 Å². The van der Waals surface area contributed by atoms with E-state index in [2.05, 4.69) is 4.98 Å². The van der Waals surface area contributed by atoms with Crippen molar-refractivity contribution >= 4 is 34.8 Å². The molecule has 1 aromatic heterocycles. The number of carboxylic acid groups (broad SMARTS) is 1. The summed E-state index contributed by atoms with van der Waals surface area (Å²) in [5, 5.41) is 21.4. The van der Waals surface area contributed by atoms with Gasteiger partial charge in [0.2, 0.25) is 0 Å². The van der Waals surface area contributed by atoms with Crippen LogP contribution in [0.1, 0.15) is 11.3 Å². The summed E-state index contributed by atoms with van der Waals surface area (Å²) in [6, 6.07) is 5.09. The van der Waals surface area contributed by atoms with E-state index >= 15 is 0 Å². The lowest BCUT2D eigenvalue weighted by Crippen LogP contribution is -1.99. The largest absolute Gasteiger partial charge is 0.481 e. The first-order valence-corrected chi connectivity index (χ1v) is 7.25. The van der Waals surface area contributed by atoms with E-state index in [0.29, 0.717) is 20.5 Å². The third-order valence-corrected chi connectivity index (χ3v) is 4.48. The molecule has 0 amide bonds. The lowest BCUT2D eigenvalue weighted by atomic mass is 10.2. The Morgan fingerprint density at radius 3 is 2.95 bits per heavy atom. The van der Waals surface area contributed by atoms with E-state index in [1.54, 1.807) is 30.5 Å². The van der Waals surface area contributed by atoms with E-state index in [9.17, 15) is 14.9 Å². The minimum absolute atomic E-state index is 0.0625. The summed E-state index contributed by atoms with van der Waals surface area (Å²) in [7, 11) is 0. The molecule has 0 fully saturated rings. The molecule has 2 aromatic rings. The number of nitrogens with zero attached hydrogens (tertiary/aromatic N) is 2. The molecule has 0 unspecified atom stereocenters. The van der Waals surface area contributed by atoms with Crippen LogP contribution in [0.25, 0.3) is 0 Å². The van der Waals surface area contributed by atoms with Gasteiger partial charge >= 0.3 is 5.97 Å². The first kappa shape index (κ1) is 14.5. The Morgan fingerprint density at radius 1 is 1.55 bits per heavy atom. The molecule has 20 heavy (non-hydrogen) atoms. The number of carbonyl (C=O) groups is 1. The molecule has 0 aliphatic heterocycles. The van der Waals surface area contributed by atoms with Crippen molar-refractivity contribution < 1.29 is 14.8 Å². The molecule has 1 heterocycles. The van der Waals surface area contributed by atoms with Crippen LogP contribution in [0.4, 0.5) is 5.69 Å². The van der Waals surface area contributed by atoms with Crippen molar-refractivity contribution in [3.05, 3.63) is 45.0 Å². The third-order valence-electron chi connectivity index (χ3n) is 2.44. The molecular weight excluding hydrogens is 300 g/mol. The topological polar surface area (TPSA) is 93.3 Å². The van der Waals surface area contributed by atoms with Crippen LogP contribution in [0.15, 0.2) is 32.8 Å². The monoisotopic (exact) mass is 310 g/mol. The van der Waals surface area contributed by atoms with Crippen molar-refractivity contribution in [2.75, 3.05) is 0 Å². The smallest absolute Gasteiger partial charge is 0.309 e. The Bertz CT molecular complexity index is 669. The lowest BCUT2D eigenvalue weighted by molar-refractivity contribution is -0.388. The zero-order chi connectivity index (χ0) is 14.7. The molecular formula is C12H10N2O4S2.